The maximum atomic E-state index is 12.9. The summed E-state index contributed by atoms with van der Waals surface area (Å²) in [7, 11) is 0. The Labute approximate surface area is 173 Å². The van der Waals surface area contributed by atoms with Crippen molar-refractivity contribution >= 4 is 11.6 Å². The number of hydrogen-bond acceptors (Lipinski definition) is 3. The Kier molecular flexibility index (Phi) is 7.08. The summed E-state index contributed by atoms with van der Waals surface area (Å²) < 4.78 is 0. The number of carbonyl (C=O) groups is 1. The molecule has 0 aromatic heterocycles. The van der Waals surface area contributed by atoms with E-state index in [1.807, 2.05) is 30.0 Å². The molecule has 0 radical (unpaired) electrons. The third-order valence-corrected chi connectivity index (χ3v) is 5.72. The van der Waals surface area contributed by atoms with Crippen LogP contribution in [-0.4, -0.2) is 23.9 Å². The topological polar surface area (TPSA) is 56.1 Å². The van der Waals surface area contributed by atoms with Gasteiger partial charge < -0.3 is 10.2 Å². The fourth-order valence-corrected chi connectivity index (χ4v) is 3.97. The van der Waals surface area contributed by atoms with Gasteiger partial charge in [0.2, 0.25) is 0 Å². The average Bonchev–Trinajstić information content (AvgIpc) is 2.76. The lowest BCUT2D eigenvalue weighted by Crippen LogP contribution is -2.39. The molecule has 0 unspecified atom stereocenters. The van der Waals surface area contributed by atoms with Gasteiger partial charge in [0, 0.05) is 25.0 Å². The number of nitriles is 1. The number of nitrogens with zero attached hydrogens (tertiary/aromatic N) is 2. The van der Waals surface area contributed by atoms with Crippen LogP contribution in [0.4, 0.5) is 5.69 Å². The number of para-hydroxylation sites is 1. The summed E-state index contributed by atoms with van der Waals surface area (Å²) in [5.41, 5.74) is 4.78. The van der Waals surface area contributed by atoms with Crippen LogP contribution in [0.2, 0.25) is 0 Å². The lowest BCUT2D eigenvalue weighted by Gasteiger charge is -2.32. The molecule has 1 saturated heterocycles. The third-order valence-electron chi connectivity index (χ3n) is 5.72. The number of piperidine rings is 1. The summed E-state index contributed by atoms with van der Waals surface area (Å²) in [5, 5.41) is 12.8. The molecule has 0 spiro atoms. The molecule has 2 aromatic carbocycles. The second-order valence-corrected chi connectivity index (χ2v) is 7.70. The zero-order valence-electron chi connectivity index (χ0n) is 17.3. The molecule has 1 N–H and O–H groups in total. The smallest absolute Gasteiger partial charge is 0.266 e. The Morgan fingerprint density at radius 3 is 2.55 bits per heavy atom. The second kappa shape index (κ2) is 9.93. The van der Waals surface area contributed by atoms with Gasteiger partial charge in [-0.2, -0.15) is 5.26 Å². The Bertz CT molecular complexity index is 903. The monoisotopic (exact) mass is 387 g/mol. The fourth-order valence-electron chi connectivity index (χ4n) is 3.97. The Hall–Kier alpha value is -3.06. The number of amides is 1. The van der Waals surface area contributed by atoms with Crippen LogP contribution < -0.4 is 5.32 Å². The minimum absolute atomic E-state index is 0.164. The number of benzene rings is 2. The largest absolute Gasteiger partial charge is 0.360 e. The summed E-state index contributed by atoms with van der Waals surface area (Å²) in [6, 6.07) is 18.7. The standard InChI is InChI=1S/C25H29N3O/c1-3-22-11-7-8-19(2)24(22)27-18-23(17-26)25(29)28-14-12-21(13-15-28)16-20-9-5-4-6-10-20/h4-11,18,21,27H,3,12-16H2,1-2H3/b23-18-. The molecule has 150 valence electrons. The van der Waals surface area contributed by atoms with Crippen LogP contribution in [0.25, 0.3) is 0 Å². The maximum absolute atomic E-state index is 12.9. The van der Waals surface area contributed by atoms with E-state index in [0.29, 0.717) is 19.0 Å². The number of likely N-dealkylation sites (tertiary alicyclic amines) is 1. The van der Waals surface area contributed by atoms with E-state index in [9.17, 15) is 10.1 Å². The number of hydrogen-bond donors (Lipinski definition) is 1. The molecule has 29 heavy (non-hydrogen) atoms. The minimum atomic E-state index is -0.176. The van der Waals surface area contributed by atoms with Gasteiger partial charge in [-0.1, -0.05) is 55.5 Å². The van der Waals surface area contributed by atoms with Crippen molar-refractivity contribution in [2.24, 2.45) is 5.92 Å². The molecule has 4 nitrogen and oxygen atoms in total. The van der Waals surface area contributed by atoms with E-state index < -0.39 is 0 Å². The first-order valence-corrected chi connectivity index (χ1v) is 10.4. The molecule has 0 atom stereocenters. The molecular weight excluding hydrogens is 358 g/mol. The van der Waals surface area contributed by atoms with E-state index in [-0.39, 0.29) is 11.5 Å². The number of anilines is 1. The molecule has 1 aliphatic rings. The lowest BCUT2D eigenvalue weighted by molar-refractivity contribution is -0.128. The van der Waals surface area contributed by atoms with E-state index in [2.05, 4.69) is 48.6 Å². The van der Waals surface area contributed by atoms with Crippen molar-refractivity contribution in [3.8, 4) is 6.07 Å². The van der Waals surface area contributed by atoms with Gasteiger partial charge in [0.25, 0.3) is 5.91 Å². The van der Waals surface area contributed by atoms with Gasteiger partial charge in [-0.05, 0) is 55.2 Å². The van der Waals surface area contributed by atoms with Crippen molar-refractivity contribution in [1.82, 2.24) is 4.90 Å². The molecule has 0 saturated carbocycles. The Morgan fingerprint density at radius 1 is 1.17 bits per heavy atom. The highest BCUT2D eigenvalue weighted by atomic mass is 16.2. The van der Waals surface area contributed by atoms with Gasteiger partial charge in [-0.15, -0.1) is 0 Å². The second-order valence-electron chi connectivity index (χ2n) is 7.70. The van der Waals surface area contributed by atoms with Crippen LogP contribution in [0, 0.1) is 24.2 Å². The summed E-state index contributed by atoms with van der Waals surface area (Å²) in [5.74, 6) is 0.415. The molecule has 4 heteroatoms. The molecule has 3 rings (SSSR count). The van der Waals surface area contributed by atoms with Crippen molar-refractivity contribution < 1.29 is 4.79 Å². The highest BCUT2D eigenvalue weighted by molar-refractivity contribution is 5.97. The van der Waals surface area contributed by atoms with E-state index >= 15 is 0 Å². The van der Waals surface area contributed by atoms with Gasteiger partial charge in [0.05, 0.1) is 0 Å². The van der Waals surface area contributed by atoms with Gasteiger partial charge in [0.15, 0.2) is 0 Å². The summed E-state index contributed by atoms with van der Waals surface area (Å²) >= 11 is 0. The number of rotatable bonds is 6. The van der Waals surface area contributed by atoms with Gasteiger partial charge >= 0.3 is 0 Å². The first-order valence-electron chi connectivity index (χ1n) is 10.4. The first-order chi connectivity index (χ1) is 14.1. The molecule has 1 fully saturated rings. The summed E-state index contributed by atoms with van der Waals surface area (Å²) in [6.45, 7) is 5.54. The van der Waals surface area contributed by atoms with E-state index in [1.165, 1.54) is 11.1 Å². The van der Waals surface area contributed by atoms with Gasteiger partial charge in [-0.25, -0.2) is 0 Å². The zero-order valence-corrected chi connectivity index (χ0v) is 17.3. The predicted octanol–water partition coefficient (Wildman–Crippen LogP) is 4.86. The Morgan fingerprint density at radius 2 is 1.90 bits per heavy atom. The summed E-state index contributed by atoms with van der Waals surface area (Å²) in [6.07, 6.45) is 5.47. The molecule has 1 amide bonds. The molecule has 2 aromatic rings. The van der Waals surface area contributed by atoms with Crippen LogP contribution in [0.5, 0.6) is 0 Å². The van der Waals surface area contributed by atoms with Crippen LogP contribution in [0.3, 0.4) is 0 Å². The SMILES string of the molecule is CCc1cccc(C)c1N/C=C(/C#N)C(=O)N1CCC(Cc2ccccc2)CC1. The van der Waals surface area contributed by atoms with E-state index in [0.717, 1.165) is 36.9 Å². The predicted molar refractivity (Wildman–Crippen MR) is 117 cm³/mol. The summed E-state index contributed by atoms with van der Waals surface area (Å²) in [4.78, 5) is 14.7. The molecule has 1 heterocycles. The normalized spacial score (nSPS) is 15.1. The van der Waals surface area contributed by atoms with Crippen LogP contribution >= 0.6 is 0 Å². The minimum Gasteiger partial charge on any atom is -0.360 e. The van der Waals surface area contributed by atoms with Crippen molar-refractivity contribution in [1.29, 1.82) is 5.26 Å². The highest BCUT2D eigenvalue weighted by Crippen LogP contribution is 2.24. The fraction of sp³-hybridized carbons (Fsp3) is 0.360. The van der Waals surface area contributed by atoms with Crippen molar-refractivity contribution in [2.75, 3.05) is 18.4 Å². The maximum Gasteiger partial charge on any atom is 0.266 e. The molecule has 0 aliphatic carbocycles. The number of aryl methyl sites for hydroxylation is 2. The number of nitrogens with one attached hydrogen (secondary N) is 1. The lowest BCUT2D eigenvalue weighted by atomic mass is 9.90. The van der Waals surface area contributed by atoms with Crippen molar-refractivity contribution in [3.63, 3.8) is 0 Å². The third kappa shape index (κ3) is 5.26. The van der Waals surface area contributed by atoms with Gasteiger partial charge in [-0.3, -0.25) is 4.79 Å². The highest BCUT2D eigenvalue weighted by Gasteiger charge is 2.25. The van der Waals surface area contributed by atoms with Crippen molar-refractivity contribution in [3.05, 3.63) is 77.0 Å². The molecule has 0 bridgehead atoms. The van der Waals surface area contributed by atoms with Crippen LogP contribution in [-0.2, 0) is 17.6 Å². The van der Waals surface area contributed by atoms with Gasteiger partial charge in [0.1, 0.15) is 11.6 Å². The van der Waals surface area contributed by atoms with Crippen LogP contribution in [0.1, 0.15) is 36.5 Å². The zero-order chi connectivity index (χ0) is 20.6. The number of carbonyl (C=O) groups excluding carboxylic acids is 1. The quantitative estimate of drug-likeness (QED) is 0.569. The average molecular weight is 388 g/mol. The van der Waals surface area contributed by atoms with E-state index in [4.69, 9.17) is 0 Å². The van der Waals surface area contributed by atoms with E-state index in [1.54, 1.807) is 6.20 Å². The molecular formula is C25H29N3O. The molecule has 1 aliphatic heterocycles. The van der Waals surface area contributed by atoms with Crippen molar-refractivity contribution in [2.45, 2.75) is 39.5 Å². The first kappa shape index (κ1) is 20.7. The Balaban J connectivity index is 1.61. The van der Waals surface area contributed by atoms with Crippen LogP contribution in [0.15, 0.2) is 60.3 Å².